The van der Waals surface area contributed by atoms with Crippen molar-refractivity contribution in [1.29, 1.82) is 0 Å². The van der Waals surface area contributed by atoms with E-state index in [1.807, 2.05) is 24.3 Å². The highest BCUT2D eigenvalue weighted by atomic mass is 32.2. The topological polar surface area (TPSA) is 54.5 Å². The molecule has 0 atom stereocenters. The fourth-order valence-electron chi connectivity index (χ4n) is 4.33. The maximum atomic E-state index is 12.8. The van der Waals surface area contributed by atoms with Crippen LogP contribution in [0.3, 0.4) is 0 Å². The summed E-state index contributed by atoms with van der Waals surface area (Å²) in [6, 6.07) is 7.81. The van der Waals surface area contributed by atoms with Gasteiger partial charge in [-0.25, -0.2) is 8.42 Å². The third-order valence-electron chi connectivity index (χ3n) is 6.22. The van der Waals surface area contributed by atoms with E-state index in [1.165, 1.54) is 17.6 Å². The molecule has 0 bridgehead atoms. The van der Waals surface area contributed by atoms with Gasteiger partial charge in [-0.2, -0.15) is 0 Å². The summed E-state index contributed by atoms with van der Waals surface area (Å²) in [5, 5.41) is 0. The monoisotopic (exact) mass is 359 g/mol. The zero-order chi connectivity index (χ0) is 17.5. The lowest BCUT2D eigenvalue weighted by atomic mass is 9.81. The molecule has 1 aromatic carbocycles. The second-order valence-electron chi connectivity index (χ2n) is 7.60. The standard InChI is InChI=1S/C20H25NO3S/c22-19(18-8-6-17(7-9-18)16-4-1-2-5-16)21-13-12-20(10-3-11-20)25(23,24)15-14-21/h4,6-9H,1-3,5,10-15H2. The summed E-state index contributed by atoms with van der Waals surface area (Å²) in [6.45, 7) is 0.862. The number of sulfone groups is 1. The molecule has 2 fully saturated rings. The van der Waals surface area contributed by atoms with Crippen LogP contribution in [0.15, 0.2) is 30.3 Å². The molecule has 25 heavy (non-hydrogen) atoms. The zero-order valence-corrected chi connectivity index (χ0v) is 15.4. The Balaban J connectivity index is 1.49. The molecule has 0 radical (unpaired) electrons. The molecule has 5 heteroatoms. The van der Waals surface area contributed by atoms with Crippen molar-refractivity contribution in [3.05, 3.63) is 41.5 Å². The highest BCUT2D eigenvalue weighted by molar-refractivity contribution is 7.92. The first kappa shape index (κ1) is 16.8. The number of carbonyl (C=O) groups excluding carboxylic acids is 1. The van der Waals surface area contributed by atoms with Gasteiger partial charge >= 0.3 is 0 Å². The maximum Gasteiger partial charge on any atom is 0.253 e. The summed E-state index contributed by atoms with van der Waals surface area (Å²) >= 11 is 0. The van der Waals surface area contributed by atoms with Crippen LogP contribution in [0.5, 0.6) is 0 Å². The first-order valence-electron chi connectivity index (χ1n) is 9.32. The quantitative estimate of drug-likeness (QED) is 0.813. The van der Waals surface area contributed by atoms with Crippen molar-refractivity contribution < 1.29 is 13.2 Å². The van der Waals surface area contributed by atoms with E-state index in [-0.39, 0.29) is 11.7 Å². The van der Waals surface area contributed by atoms with Gasteiger partial charge in [0.05, 0.1) is 10.5 Å². The molecule has 2 aliphatic carbocycles. The normalized spacial score (nSPS) is 24.5. The van der Waals surface area contributed by atoms with Crippen LogP contribution in [0.2, 0.25) is 0 Å². The zero-order valence-electron chi connectivity index (χ0n) is 14.5. The van der Waals surface area contributed by atoms with Gasteiger partial charge in [-0.3, -0.25) is 4.79 Å². The summed E-state index contributed by atoms with van der Waals surface area (Å²) in [7, 11) is -3.09. The van der Waals surface area contributed by atoms with Crippen LogP contribution in [0, 0.1) is 0 Å². The SMILES string of the molecule is O=C(c1ccc(C2=CCCC2)cc1)N1CCC2(CCC2)S(=O)(=O)CC1. The van der Waals surface area contributed by atoms with E-state index in [0.717, 1.165) is 32.1 Å². The van der Waals surface area contributed by atoms with E-state index in [1.54, 1.807) is 4.90 Å². The van der Waals surface area contributed by atoms with Crippen LogP contribution in [0.4, 0.5) is 0 Å². The van der Waals surface area contributed by atoms with Crippen LogP contribution >= 0.6 is 0 Å². The molecule has 134 valence electrons. The average Bonchev–Trinajstić information content (AvgIpc) is 3.05. The van der Waals surface area contributed by atoms with Crippen molar-refractivity contribution in [3.63, 3.8) is 0 Å². The highest BCUT2D eigenvalue weighted by Gasteiger charge is 2.49. The van der Waals surface area contributed by atoms with Gasteiger partial charge < -0.3 is 4.90 Å². The molecule has 1 saturated heterocycles. The number of allylic oxidation sites excluding steroid dienone is 2. The van der Waals surface area contributed by atoms with E-state index >= 15 is 0 Å². The number of hydrogen-bond acceptors (Lipinski definition) is 3. The van der Waals surface area contributed by atoms with E-state index in [9.17, 15) is 13.2 Å². The van der Waals surface area contributed by atoms with E-state index in [0.29, 0.717) is 25.1 Å². The predicted molar refractivity (Wildman–Crippen MR) is 99.2 cm³/mol. The molecule has 4 nitrogen and oxygen atoms in total. The largest absolute Gasteiger partial charge is 0.338 e. The summed E-state index contributed by atoms with van der Waals surface area (Å²) in [6.07, 6.45) is 8.84. The van der Waals surface area contributed by atoms with E-state index in [4.69, 9.17) is 0 Å². The van der Waals surface area contributed by atoms with Crippen LogP contribution in [-0.2, 0) is 9.84 Å². The number of nitrogens with zero attached hydrogens (tertiary/aromatic N) is 1. The lowest BCUT2D eigenvalue weighted by Crippen LogP contribution is -2.46. The van der Waals surface area contributed by atoms with Crippen molar-refractivity contribution in [1.82, 2.24) is 4.90 Å². The Bertz CT molecular complexity index is 804. The summed E-state index contributed by atoms with van der Waals surface area (Å²) in [5.41, 5.74) is 3.22. The lowest BCUT2D eigenvalue weighted by molar-refractivity contribution is 0.0759. The molecular formula is C20H25NO3S. The molecule has 1 saturated carbocycles. The Kier molecular flexibility index (Phi) is 4.22. The van der Waals surface area contributed by atoms with Crippen LogP contribution in [-0.4, -0.2) is 42.8 Å². The van der Waals surface area contributed by atoms with Crippen LogP contribution in [0.1, 0.15) is 60.9 Å². The molecule has 3 aliphatic rings. The van der Waals surface area contributed by atoms with Crippen molar-refractivity contribution >= 4 is 21.3 Å². The van der Waals surface area contributed by atoms with Crippen LogP contribution in [0.25, 0.3) is 5.57 Å². The third kappa shape index (κ3) is 2.92. The number of carbonyl (C=O) groups is 1. The molecule has 0 unspecified atom stereocenters. The molecule has 0 N–H and O–H groups in total. The number of benzene rings is 1. The minimum absolute atomic E-state index is 0.0430. The number of rotatable bonds is 2. The molecule has 4 rings (SSSR count). The van der Waals surface area contributed by atoms with Crippen molar-refractivity contribution in [3.8, 4) is 0 Å². The lowest BCUT2D eigenvalue weighted by Gasteiger charge is -2.39. The van der Waals surface area contributed by atoms with Gasteiger partial charge in [-0.15, -0.1) is 0 Å². The minimum atomic E-state index is -3.09. The molecule has 1 spiro atoms. The Labute approximate surface area is 149 Å². The summed E-state index contributed by atoms with van der Waals surface area (Å²) in [4.78, 5) is 14.6. The fraction of sp³-hybridized carbons (Fsp3) is 0.550. The summed E-state index contributed by atoms with van der Waals surface area (Å²) in [5.74, 6) is 0.0579. The van der Waals surface area contributed by atoms with Gasteiger partial charge in [0, 0.05) is 18.7 Å². The third-order valence-corrected chi connectivity index (χ3v) is 8.87. The van der Waals surface area contributed by atoms with Gasteiger partial charge in [0.25, 0.3) is 5.91 Å². The van der Waals surface area contributed by atoms with Gasteiger partial charge in [0.2, 0.25) is 0 Å². The smallest absolute Gasteiger partial charge is 0.253 e. The van der Waals surface area contributed by atoms with Gasteiger partial charge in [-0.05, 0) is 61.8 Å². The first-order valence-corrected chi connectivity index (χ1v) is 11.0. The molecule has 1 amide bonds. The first-order chi connectivity index (χ1) is 12.0. The molecule has 1 aromatic rings. The van der Waals surface area contributed by atoms with Gasteiger partial charge in [0.15, 0.2) is 9.84 Å². The van der Waals surface area contributed by atoms with E-state index in [2.05, 4.69) is 6.08 Å². The average molecular weight is 359 g/mol. The van der Waals surface area contributed by atoms with Crippen molar-refractivity contribution in [2.75, 3.05) is 18.8 Å². The number of hydrogen-bond donors (Lipinski definition) is 0. The molecule has 0 aromatic heterocycles. The molecule has 1 heterocycles. The Morgan fingerprint density at radius 3 is 2.36 bits per heavy atom. The van der Waals surface area contributed by atoms with Gasteiger partial charge in [-0.1, -0.05) is 24.6 Å². The second-order valence-corrected chi connectivity index (χ2v) is 10.1. The predicted octanol–water partition coefficient (Wildman–Crippen LogP) is 3.44. The Morgan fingerprint density at radius 2 is 1.76 bits per heavy atom. The fourth-order valence-corrected chi connectivity index (χ4v) is 6.54. The van der Waals surface area contributed by atoms with Crippen molar-refractivity contribution in [2.45, 2.75) is 49.7 Å². The highest BCUT2D eigenvalue weighted by Crippen LogP contribution is 2.44. The maximum absolute atomic E-state index is 12.8. The molecule has 1 aliphatic heterocycles. The van der Waals surface area contributed by atoms with Gasteiger partial charge in [0.1, 0.15) is 0 Å². The second kappa shape index (κ2) is 6.27. The summed E-state index contributed by atoms with van der Waals surface area (Å²) < 4.78 is 24.6. The van der Waals surface area contributed by atoms with E-state index < -0.39 is 14.6 Å². The minimum Gasteiger partial charge on any atom is -0.338 e. The molecular weight excluding hydrogens is 334 g/mol. The Hall–Kier alpha value is -1.62. The van der Waals surface area contributed by atoms with Crippen LogP contribution < -0.4 is 0 Å². The van der Waals surface area contributed by atoms with Crippen molar-refractivity contribution in [2.24, 2.45) is 0 Å². The Morgan fingerprint density at radius 1 is 1.00 bits per heavy atom. The number of amides is 1.